The van der Waals surface area contributed by atoms with Crippen LogP contribution in [0.3, 0.4) is 0 Å². The number of aryl methyl sites for hydroxylation is 2. The Labute approximate surface area is 91.9 Å². The predicted octanol–water partition coefficient (Wildman–Crippen LogP) is 2.91. The molecule has 84 valence electrons. The summed E-state index contributed by atoms with van der Waals surface area (Å²) in [7, 11) is 0. The molecule has 0 unspecified atom stereocenters. The zero-order valence-corrected chi connectivity index (χ0v) is 10.1. The molecular formula is C12H20N2O. The molecule has 0 spiro atoms. The molecule has 1 aliphatic carbocycles. The third-order valence-corrected chi connectivity index (χ3v) is 2.11. The molecule has 0 radical (unpaired) electrons. The minimum Gasteiger partial charge on any atom is -0.477 e. The molecule has 0 N–H and O–H groups in total. The highest BCUT2D eigenvalue weighted by molar-refractivity contribution is 5.14. The summed E-state index contributed by atoms with van der Waals surface area (Å²) in [5.74, 6) is 2.28. The molecule has 0 aromatic carbocycles. The lowest BCUT2D eigenvalue weighted by Gasteiger charge is -2.04. The molecule has 0 saturated heterocycles. The number of rotatable bonds is 3. The maximum atomic E-state index is 5.54. The first-order valence-corrected chi connectivity index (χ1v) is 5.69. The highest BCUT2D eigenvalue weighted by Crippen LogP contribution is 2.29. The van der Waals surface area contributed by atoms with Crippen molar-refractivity contribution in [1.29, 1.82) is 0 Å². The van der Waals surface area contributed by atoms with E-state index in [9.17, 15) is 0 Å². The average molecular weight is 208 g/mol. The van der Waals surface area contributed by atoms with Crippen LogP contribution in [0.1, 0.15) is 38.2 Å². The Bertz CT molecular complexity index is 288. The van der Waals surface area contributed by atoms with Gasteiger partial charge in [0.15, 0.2) is 0 Å². The van der Waals surface area contributed by atoms with Gasteiger partial charge < -0.3 is 4.74 Å². The van der Waals surface area contributed by atoms with Crippen LogP contribution in [0, 0.1) is 19.8 Å². The number of hydrogen-bond acceptors (Lipinski definition) is 3. The second-order valence-electron chi connectivity index (χ2n) is 3.65. The van der Waals surface area contributed by atoms with Crippen molar-refractivity contribution in [2.24, 2.45) is 5.92 Å². The molecular weight excluding hydrogens is 188 g/mol. The summed E-state index contributed by atoms with van der Waals surface area (Å²) in [5.41, 5.74) is 0.971. The summed E-state index contributed by atoms with van der Waals surface area (Å²) in [4.78, 5) is 8.39. The van der Waals surface area contributed by atoms with Gasteiger partial charge >= 0.3 is 0 Å². The van der Waals surface area contributed by atoms with E-state index in [1.807, 2.05) is 33.8 Å². The lowest BCUT2D eigenvalue weighted by molar-refractivity contribution is 0.287. The maximum Gasteiger partial charge on any atom is 0.216 e. The Kier molecular flexibility index (Phi) is 4.53. The van der Waals surface area contributed by atoms with Crippen LogP contribution in [0.5, 0.6) is 5.88 Å². The highest BCUT2D eigenvalue weighted by Gasteiger charge is 2.22. The van der Waals surface area contributed by atoms with Crippen LogP contribution in [0.4, 0.5) is 0 Å². The monoisotopic (exact) mass is 208 g/mol. The van der Waals surface area contributed by atoms with Gasteiger partial charge in [0.1, 0.15) is 5.82 Å². The molecule has 3 heteroatoms. The number of hydrogen-bond donors (Lipinski definition) is 0. The molecule has 3 nitrogen and oxygen atoms in total. The fraction of sp³-hybridized carbons (Fsp3) is 0.667. The van der Waals surface area contributed by atoms with Gasteiger partial charge in [-0.1, -0.05) is 13.8 Å². The summed E-state index contributed by atoms with van der Waals surface area (Å²) >= 11 is 0. The second-order valence-corrected chi connectivity index (χ2v) is 3.65. The van der Waals surface area contributed by atoms with Gasteiger partial charge in [-0.3, -0.25) is 0 Å². The van der Waals surface area contributed by atoms with Crippen molar-refractivity contribution in [3.8, 4) is 5.88 Å². The summed E-state index contributed by atoms with van der Waals surface area (Å²) in [6, 6.07) is 1.88. The summed E-state index contributed by atoms with van der Waals surface area (Å²) in [6.45, 7) is 8.66. The summed E-state index contributed by atoms with van der Waals surface area (Å²) in [6.07, 6.45) is 2.62. The third kappa shape index (κ3) is 4.28. The lowest BCUT2D eigenvalue weighted by atomic mass is 10.4. The van der Waals surface area contributed by atoms with Crippen LogP contribution in [0.2, 0.25) is 0 Å². The van der Waals surface area contributed by atoms with E-state index in [-0.39, 0.29) is 0 Å². The van der Waals surface area contributed by atoms with Crippen molar-refractivity contribution >= 4 is 0 Å². The molecule has 1 aromatic heterocycles. The van der Waals surface area contributed by atoms with Gasteiger partial charge in [-0.05, 0) is 32.6 Å². The largest absolute Gasteiger partial charge is 0.477 e. The van der Waals surface area contributed by atoms with E-state index >= 15 is 0 Å². The third-order valence-electron chi connectivity index (χ3n) is 2.11. The number of aromatic nitrogens is 2. The van der Waals surface area contributed by atoms with Gasteiger partial charge in [0.05, 0.1) is 6.61 Å². The molecule has 1 heterocycles. The Hall–Kier alpha value is -1.12. The molecule has 0 atom stereocenters. The SMILES string of the molecule is CC.Cc1cc(OCC2CC2)nc(C)n1. The molecule has 2 rings (SSSR count). The Morgan fingerprint density at radius 1 is 1.27 bits per heavy atom. The average Bonchev–Trinajstić information content (AvgIpc) is 3.00. The van der Waals surface area contributed by atoms with E-state index in [4.69, 9.17) is 4.74 Å². The molecule has 15 heavy (non-hydrogen) atoms. The van der Waals surface area contributed by atoms with Crippen molar-refractivity contribution in [1.82, 2.24) is 9.97 Å². The second kappa shape index (κ2) is 5.69. The van der Waals surface area contributed by atoms with E-state index < -0.39 is 0 Å². The molecule has 1 saturated carbocycles. The quantitative estimate of drug-likeness (QED) is 0.766. The van der Waals surface area contributed by atoms with E-state index in [1.54, 1.807) is 0 Å². The van der Waals surface area contributed by atoms with Crippen molar-refractivity contribution in [3.05, 3.63) is 17.6 Å². The molecule has 1 aliphatic rings. The van der Waals surface area contributed by atoms with Gasteiger partial charge in [-0.15, -0.1) is 0 Å². The van der Waals surface area contributed by atoms with Crippen LogP contribution in [-0.2, 0) is 0 Å². The molecule has 1 fully saturated rings. The zero-order valence-electron chi connectivity index (χ0n) is 10.1. The van der Waals surface area contributed by atoms with Gasteiger partial charge in [0, 0.05) is 11.8 Å². The first-order valence-electron chi connectivity index (χ1n) is 5.69. The fourth-order valence-electron chi connectivity index (χ4n) is 1.24. The van der Waals surface area contributed by atoms with Crippen LogP contribution in [0.25, 0.3) is 0 Å². The minimum absolute atomic E-state index is 0.719. The van der Waals surface area contributed by atoms with Crippen LogP contribution >= 0.6 is 0 Å². The predicted molar refractivity (Wildman–Crippen MR) is 61.1 cm³/mol. The van der Waals surface area contributed by atoms with Gasteiger partial charge in [-0.2, -0.15) is 4.98 Å². The maximum absolute atomic E-state index is 5.54. The normalized spacial score (nSPS) is 14.1. The van der Waals surface area contributed by atoms with Crippen LogP contribution in [-0.4, -0.2) is 16.6 Å². The molecule has 0 aliphatic heterocycles. The first kappa shape index (κ1) is 12.0. The smallest absolute Gasteiger partial charge is 0.216 e. The van der Waals surface area contributed by atoms with E-state index in [2.05, 4.69) is 9.97 Å². The van der Waals surface area contributed by atoms with Gasteiger partial charge in [-0.25, -0.2) is 4.98 Å². The number of nitrogens with zero attached hydrogens (tertiary/aromatic N) is 2. The van der Waals surface area contributed by atoms with Crippen molar-refractivity contribution in [2.45, 2.75) is 40.5 Å². The van der Waals surface area contributed by atoms with Crippen LogP contribution in [0.15, 0.2) is 6.07 Å². The van der Waals surface area contributed by atoms with E-state index in [0.29, 0.717) is 0 Å². The summed E-state index contributed by atoms with van der Waals surface area (Å²) in [5, 5.41) is 0. The Balaban J connectivity index is 0.000000531. The van der Waals surface area contributed by atoms with Crippen molar-refractivity contribution in [3.63, 3.8) is 0 Å². The Morgan fingerprint density at radius 2 is 1.93 bits per heavy atom. The van der Waals surface area contributed by atoms with Crippen molar-refractivity contribution in [2.75, 3.05) is 6.61 Å². The Morgan fingerprint density at radius 3 is 2.47 bits per heavy atom. The first-order chi connectivity index (χ1) is 7.24. The van der Waals surface area contributed by atoms with Gasteiger partial charge in [0.25, 0.3) is 0 Å². The summed E-state index contributed by atoms with van der Waals surface area (Å²) < 4.78 is 5.54. The standard InChI is InChI=1S/C10H14N2O.C2H6/c1-7-5-10(12-8(2)11-7)13-6-9-3-4-9;1-2/h5,9H,3-4,6H2,1-2H3;1-2H3. The highest BCUT2D eigenvalue weighted by atomic mass is 16.5. The van der Waals surface area contributed by atoms with Crippen LogP contribution < -0.4 is 4.74 Å². The molecule has 1 aromatic rings. The van der Waals surface area contributed by atoms with Gasteiger partial charge in [0.2, 0.25) is 5.88 Å². The van der Waals surface area contributed by atoms with Crippen molar-refractivity contribution < 1.29 is 4.74 Å². The molecule has 0 amide bonds. The number of ether oxygens (including phenoxy) is 1. The fourth-order valence-corrected chi connectivity index (χ4v) is 1.24. The van der Waals surface area contributed by atoms with E-state index in [0.717, 1.165) is 29.9 Å². The topological polar surface area (TPSA) is 35.0 Å². The van der Waals surface area contributed by atoms with E-state index in [1.165, 1.54) is 12.8 Å². The lowest BCUT2D eigenvalue weighted by Crippen LogP contribution is -2.02. The minimum atomic E-state index is 0.719. The zero-order chi connectivity index (χ0) is 11.3. The molecule has 0 bridgehead atoms.